The van der Waals surface area contributed by atoms with Crippen LogP contribution in [0.15, 0.2) is 0 Å². The van der Waals surface area contributed by atoms with Crippen molar-refractivity contribution in [3.63, 3.8) is 0 Å². The molecule has 1 rings (SSSR count). The second-order valence-electron chi connectivity index (χ2n) is 2.43. The molecule has 0 spiro atoms. The molecule has 1 fully saturated rings. The number of halogens is 2. The van der Waals surface area contributed by atoms with Gasteiger partial charge in [-0.15, -0.1) is 24.0 Å². The van der Waals surface area contributed by atoms with E-state index in [1.165, 1.54) is 0 Å². The molecule has 0 radical (unpaired) electrons. The van der Waals surface area contributed by atoms with Crippen molar-refractivity contribution in [2.75, 3.05) is 25.5 Å². The van der Waals surface area contributed by atoms with Crippen molar-refractivity contribution in [3.8, 4) is 0 Å². The molecular weight excluding hydrogens is 173 g/mol. The molecule has 0 aliphatic carbocycles. The number of aliphatic hydroxyl groups is 1. The molecule has 62 valence electrons. The van der Waals surface area contributed by atoms with Gasteiger partial charge < -0.3 is 5.11 Å². The lowest BCUT2D eigenvalue weighted by Crippen LogP contribution is -2.23. The van der Waals surface area contributed by atoms with Crippen LogP contribution in [0.4, 0.5) is 0 Å². The van der Waals surface area contributed by atoms with Crippen LogP contribution in [-0.2, 0) is 0 Å². The molecule has 0 aromatic rings. The molecule has 0 amide bonds. The van der Waals surface area contributed by atoms with Gasteiger partial charge in [0.2, 0.25) is 0 Å². The van der Waals surface area contributed by atoms with Gasteiger partial charge in [-0.3, -0.25) is 4.90 Å². The van der Waals surface area contributed by atoms with Crippen molar-refractivity contribution in [1.82, 2.24) is 4.90 Å². The maximum atomic E-state index is 9.04. The van der Waals surface area contributed by atoms with E-state index in [2.05, 4.69) is 4.90 Å². The van der Waals surface area contributed by atoms with E-state index < -0.39 is 0 Å². The van der Waals surface area contributed by atoms with Gasteiger partial charge in [0.15, 0.2) is 0 Å². The van der Waals surface area contributed by atoms with Gasteiger partial charge in [0.05, 0.1) is 6.10 Å². The molecule has 10 heavy (non-hydrogen) atoms. The quantitative estimate of drug-likeness (QED) is 0.642. The van der Waals surface area contributed by atoms with E-state index in [1.807, 2.05) is 0 Å². The number of alkyl halides is 1. The molecule has 0 aromatic heterocycles. The standard InChI is InChI=1S/C6H12ClNO.ClH/c7-2-4-8-3-1-6(9)5-8;/h6,9H,1-5H2;1H. The van der Waals surface area contributed by atoms with Gasteiger partial charge in [-0.2, -0.15) is 0 Å². The third-order valence-corrected chi connectivity index (χ3v) is 1.82. The normalized spacial score (nSPS) is 26.4. The summed E-state index contributed by atoms with van der Waals surface area (Å²) in [6.45, 7) is 2.74. The number of likely N-dealkylation sites (tertiary alicyclic amines) is 1. The summed E-state index contributed by atoms with van der Waals surface area (Å²) < 4.78 is 0. The summed E-state index contributed by atoms with van der Waals surface area (Å²) in [4.78, 5) is 2.18. The van der Waals surface area contributed by atoms with Crippen molar-refractivity contribution in [2.45, 2.75) is 12.5 Å². The Morgan fingerprint density at radius 3 is 2.70 bits per heavy atom. The molecule has 1 atom stereocenters. The summed E-state index contributed by atoms with van der Waals surface area (Å²) in [5, 5.41) is 9.04. The Labute approximate surface area is 72.6 Å². The number of aliphatic hydroxyl groups excluding tert-OH is 1. The van der Waals surface area contributed by atoms with E-state index in [0.717, 1.165) is 26.1 Å². The average molecular weight is 186 g/mol. The Hall–Kier alpha value is 0.500. The molecule has 1 heterocycles. The fourth-order valence-electron chi connectivity index (χ4n) is 1.13. The maximum absolute atomic E-state index is 9.04. The van der Waals surface area contributed by atoms with E-state index in [4.69, 9.17) is 16.7 Å². The number of β-amino-alcohol motifs (C(OH)–C–C–N with tert-alkyl or cyclic N) is 1. The zero-order valence-electron chi connectivity index (χ0n) is 5.79. The van der Waals surface area contributed by atoms with Crippen LogP contribution in [0.25, 0.3) is 0 Å². The first-order chi connectivity index (χ1) is 4.33. The van der Waals surface area contributed by atoms with E-state index in [-0.39, 0.29) is 18.5 Å². The van der Waals surface area contributed by atoms with Crippen LogP contribution in [0.5, 0.6) is 0 Å². The fourth-order valence-corrected chi connectivity index (χ4v) is 1.37. The second-order valence-corrected chi connectivity index (χ2v) is 2.81. The Bertz CT molecular complexity index is 89.8. The summed E-state index contributed by atoms with van der Waals surface area (Å²) in [7, 11) is 0. The highest BCUT2D eigenvalue weighted by Crippen LogP contribution is 2.07. The lowest BCUT2D eigenvalue weighted by Gasteiger charge is -2.11. The molecule has 1 aliphatic heterocycles. The Morgan fingerprint density at radius 2 is 2.30 bits per heavy atom. The van der Waals surface area contributed by atoms with Gasteiger partial charge in [0, 0.05) is 25.5 Å². The molecule has 4 heteroatoms. The minimum Gasteiger partial charge on any atom is -0.392 e. The predicted octanol–water partition coefficient (Wildman–Crippen LogP) is 0.714. The van der Waals surface area contributed by atoms with Gasteiger partial charge >= 0.3 is 0 Å². The van der Waals surface area contributed by atoms with Gasteiger partial charge in [-0.05, 0) is 6.42 Å². The van der Waals surface area contributed by atoms with Crippen molar-refractivity contribution < 1.29 is 5.11 Å². The van der Waals surface area contributed by atoms with E-state index >= 15 is 0 Å². The smallest absolute Gasteiger partial charge is 0.0679 e. The highest BCUT2D eigenvalue weighted by Gasteiger charge is 2.18. The molecule has 0 bridgehead atoms. The second kappa shape index (κ2) is 5.19. The van der Waals surface area contributed by atoms with Crippen LogP contribution in [0, 0.1) is 0 Å². The van der Waals surface area contributed by atoms with Crippen LogP contribution >= 0.6 is 24.0 Å². The van der Waals surface area contributed by atoms with Gasteiger partial charge in [0.25, 0.3) is 0 Å². The summed E-state index contributed by atoms with van der Waals surface area (Å²) in [6, 6.07) is 0. The first-order valence-corrected chi connectivity index (χ1v) is 3.83. The van der Waals surface area contributed by atoms with E-state index in [9.17, 15) is 0 Å². The third kappa shape index (κ3) is 3.06. The lowest BCUT2D eigenvalue weighted by atomic mass is 10.3. The Morgan fingerprint density at radius 1 is 1.60 bits per heavy atom. The first kappa shape index (κ1) is 10.5. The van der Waals surface area contributed by atoms with Crippen LogP contribution in [-0.4, -0.2) is 41.6 Å². The molecule has 0 aromatic carbocycles. The minimum atomic E-state index is -0.104. The van der Waals surface area contributed by atoms with Crippen molar-refractivity contribution in [1.29, 1.82) is 0 Å². The highest BCUT2D eigenvalue weighted by atomic mass is 35.5. The Balaban J connectivity index is 0.000000810. The summed E-state index contributed by atoms with van der Waals surface area (Å²) >= 11 is 5.51. The molecular formula is C6H13Cl2NO. The zero-order valence-corrected chi connectivity index (χ0v) is 7.37. The molecule has 1 aliphatic rings. The summed E-state index contributed by atoms with van der Waals surface area (Å²) in [6.07, 6.45) is 0.810. The van der Waals surface area contributed by atoms with E-state index in [1.54, 1.807) is 0 Å². The predicted molar refractivity (Wildman–Crippen MR) is 45.0 cm³/mol. The monoisotopic (exact) mass is 185 g/mol. The average Bonchev–Trinajstić information content (AvgIpc) is 2.17. The number of hydrogen-bond acceptors (Lipinski definition) is 2. The fraction of sp³-hybridized carbons (Fsp3) is 1.00. The first-order valence-electron chi connectivity index (χ1n) is 3.29. The molecule has 1 unspecified atom stereocenters. The lowest BCUT2D eigenvalue weighted by molar-refractivity contribution is 0.178. The third-order valence-electron chi connectivity index (χ3n) is 1.65. The maximum Gasteiger partial charge on any atom is 0.0679 e. The van der Waals surface area contributed by atoms with Crippen molar-refractivity contribution in [3.05, 3.63) is 0 Å². The topological polar surface area (TPSA) is 23.5 Å². The number of nitrogens with zero attached hydrogens (tertiary/aromatic N) is 1. The number of hydrogen-bond donors (Lipinski definition) is 1. The summed E-state index contributed by atoms with van der Waals surface area (Å²) in [5.74, 6) is 0.673. The Kier molecular flexibility index (Phi) is 5.45. The number of rotatable bonds is 2. The van der Waals surface area contributed by atoms with E-state index in [0.29, 0.717) is 5.88 Å². The van der Waals surface area contributed by atoms with Crippen LogP contribution in [0.2, 0.25) is 0 Å². The van der Waals surface area contributed by atoms with Gasteiger partial charge in [-0.25, -0.2) is 0 Å². The zero-order chi connectivity index (χ0) is 6.69. The summed E-state index contributed by atoms with van der Waals surface area (Å²) in [5.41, 5.74) is 0. The molecule has 0 saturated carbocycles. The largest absolute Gasteiger partial charge is 0.392 e. The SMILES string of the molecule is Cl.OC1CCN(CCCl)C1. The van der Waals surface area contributed by atoms with Crippen LogP contribution in [0.1, 0.15) is 6.42 Å². The molecule has 1 saturated heterocycles. The highest BCUT2D eigenvalue weighted by molar-refractivity contribution is 6.18. The van der Waals surface area contributed by atoms with Gasteiger partial charge in [-0.1, -0.05) is 0 Å². The van der Waals surface area contributed by atoms with Crippen molar-refractivity contribution in [2.24, 2.45) is 0 Å². The minimum absolute atomic E-state index is 0. The van der Waals surface area contributed by atoms with Gasteiger partial charge in [0.1, 0.15) is 0 Å². The van der Waals surface area contributed by atoms with Crippen molar-refractivity contribution >= 4 is 24.0 Å². The molecule has 1 N–H and O–H groups in total. The molecule has 2 nitrogen and oxygen atoms in total. The van der Waals surface area contributed by atoms with Crippen LogP contribution < -0.4 is 0 Å². The van der Waals surface area contributed by atoms with Crippen LogP contribution in [0.3, 0.4) is 0 Å².